The first kappa shape index (κ1) is 19.1. The van der Waals surface area contributed by atoms with Gasteiger partial charge in [0.25, 0.3) is 0 Å². The fraction of sp³-hybridized carbons (Fsp3) is 0.588. The molecule has 1 saturated carbocycles. The molecule has 0 heterocycles. The summed E-state index contributed by atoms with van der Waals surface area (Å²) in [5.74, 6) is 1.53. The van der Waals surface area contributed by atoms with Gasteiger partial charge in [0, 0.05) is 12.6 Å². The second kappa shape index (κ2) is 10.7. The van der Waals surface area contributed by atoms with E-state index in [4.69, 9.17) is 10.5 Å². The molecule has 2 rings (SSSR count). The summed E-state index contributed by atoms with van der Waals surface area (Å²) in [7, 11) is 0. The fourth-order valence-corrected chi connectivity index (χ4v) is 2.81. The number of nitrogens with one attached hydrogen (secondary N) is 1. The van der Waals surface area contributed by atoms with E-state index in [9.17, 15) is 0 Å². The first-order valence-corrected chi connectivity index (χ1v) is 8.06. The Kier molecular flexibility index (Phi) is 9.27. The van der Waals surface area contributed by atoms with E-state index >= 15 is 0 Å². The molecule has 0 saturated heterocycles. The molecular weight excluding hydrogens is 389 g/mol. The molecule has 0 unspecified atom stereocenters. The van der Waals surface area contributed by atoms with Crippen LogP contribution in [0.5, 0.6) is 5.75 Å². The number of hydrogen-bond acceptors (Lipinski definition) is 2. The minimum absolute atomic E-state index is 0. The van der Waals surface area contributed by atoms with Gasteiger partial charge in [-0.2, -0.15) is 0 Å². The second-order valence-corrected chi connectivity index (χ2v) is 5.54. The van der Waals surface area contributed by atoms with Crippen LogP contribution in [0.2, 0.25) is 0 Å². The Labute approximate surface area is 150 Å². The van der Waals surface area contributed by atoms with E-state index in [-0.39, 0.29) is 24.0 Å². The van der Waals surface area contributed by atoms with E-state index in [1.54, 1.807) is 0 Å². The monoisotopic (exact) mass is 417 g/mol. The van der Waals surface area contributed by atoms with Crippen molar-refractivity contribution in [3.63, 3.8) is 0 Å². The molecule has 22 heavy (non-hydrogen) atoms. The number of halogens is 1. The predicted octanol–water partition coefficient (Wildman–Crippen LogP) is 3.48. The number of hydrogen-bond donors (Lipinski definition) is 2. The van der Waals surface area contributed by atoms with Gasteiger partial charge in [0.2, 0.25) is 0 Å². The Bertz CT molecular complexity index is 459. The molecule has 1 fully saturated rings. The van der Waals surface area contributed by atoms with Gasteiger partial charge in [0.05, 0.1) is 6.61 Å². The van der Waals surface area contributed by atoms with Crippen LogP contribution in [0, 0.1) is 0 Å². The van der Waals surface area contributed by atoms with Crippen LogP contribution in [-0.4, -0.2) is 25.2 Å². The summed E-state index contributed by atoms with van der Waals surface area (Å²) in [6, 6.07) is 8.64. The largest absolute Gasteiger partial charge is 0.494 e. The third-order valence-electron chi connectivity index (χ3n) is 3.89. The summed E-state index contributed by atoms with van der Waals surface area (Å²) in [4.78, 5) is 4.44. The van der Waals surface area contributed by atoms with Crippen molar-refractivity contribution >= 4 is 29.9 Å². The van der Waals surface area contributed by atoms with Gasteiger partial charge < -0.3 is 15.8 Å². The van der Waals surface area contributed by atoms with E-state index in [0.29, 0.717) is 25.2 Å². The van der Waals surface area contributed by atoms with Gasteiger partial charge in [0.1, 0.15) is 5.75 Å². The molecule has 1 aliphatic carbocycles. The lowest BCUT2D eigenvalue weighted by molar-refractivity contribution is 0.336. The lowest BCUT2D eigenvalue weighted by Crippen LogP contribution is -2.41. The summed E-state index contributed by atoms with van der Waals surface area (Å²) in [5, 5.41) is 3.34. The quantitative estimate of drug-likeness (QED) is 0.423. The van der Waals surface area contributed by atoms with Crippen molar-refractivity contribution in [1.29, 1.82) is 0 Å². The van der Waals surface area contributed by atoms with Gasteiger partial charge in [-0.3, -0.25) is 4.99 Å². The van der Waals surface area contributed by atoms with Crippen LogP contribution in [-0.2, 0) is 6.42 Å². The Morgan fingerprint density at radius 1 is 1.27 bits per heavy atom. The van der Waals surface area contributed by atoms with Gasteiger partial charge in [-0.1, -0.05) is 37.5 Å². The van der Waals surface area contributed by atoms with Crippen LogP contribution in [0.1, 0.15) is 44.6 Å². The third-order valence-corrected chi connectivity index (χ3v) is 3.89. The standard InChI is InChI=1S/C17H27N3O.HI/c1-2-21-16-11-7-6-8-14(16)12-13-19-17(18)20-15-9-4-3-5-10-15;/h6-8,11,15H,2-5,9-10,12-13H2,1H3,(H3,18,19,20);1H. The average molecular weight is 417 g/mol. The molecule has 1 aliphatic rings. The molecule has 0 bridgehead atoms. The van der Waals surface area contributed by atoms with E-state index < -0.39 is 0 Å². The second-order valence-electron chi connectivity index (χ2n) is 5.54. The number of rotatable bonds is 6. The number of ether oxygens (including phenoxy) is 1. The molecule has 3 N–H and O–H groups in total. The molecule has 124 valence electrons. The van der Waals surface area contributed by atoms with Crippen LogP contribution in [0.4, 0.5) is 0 Å². The van der Waals surface area contributed by atoms with Crippen LogP contribution in [0.3, 0.4) is 0 Å². The molecule has 0 radical (unpaired) electrons. The Morgan fingerprint density at radius 3 is 2.73 bits per heavy atom. The molecule has 0 aromatic heterocycles. The molecule has 1 aromatic carbocycles. The molecule has 4 nitrogen and oxygen atoms in total. The lowest BCUT2D eigenvalue weighted by atomic mass is 9.96. The van der Waals surface area contributed by atoms with E-state index in [2.05, 4.69) is 16.4 Å². The fourth-order valence-electron chi connectivity index (χ4n) is 2.81. The highest BCUT2D eigenvalue weighted by Crippen LogP contribution is 2.19. The minimum Gasteiger partial charge on any atom is -0.494 e. The predicted molar refractivity (Wildman–Crippen MR) is 103 cm³/mol. The maximum absolute atomic E-state index is 5.97. The zero-order valence-electron chi connectivity index (χ0n) is 13.4. The minimum atomic E-state index is 0. The van der Waals surface area contributed by atoms with Crippen molar-refractivity contribution in [3.05, 3.63) is 29.8 Å². The SMILES string of the molecule is CCOc1ccccc1CCN=C(N)NC1CCCCC1.I. The number of aliphatic imine (C=N–C) groups is 1. The number of nitrogens with zero attached hydrogens (tertiary/aromatic N) is 1. The number of nitrogens with two attached hydrogens (primary N) is 1. The Hall–Kier alpha value is -0.980. The maximum Gasteiger partial charge on any atom is 0.188 e. The summed E-state index contributed by atoms with van der Waals surface area (Å²) in [5.41, 5.74) is 7.16. The highest BCUT2D eigenvalue weighted by molar-refractivity contribution is 14.0. The van der Waals surface area contributed by atoms with Crippen LogP contribution >= 0.6 is 24.0 Å². The van der Waals surface area contributed by atoms with Gasteiger partial charge in [-0.15, -0.1) is 24.0 Å². The average Bonchev–Trinajstić information content (AvgIpc) is 2.50. The third kappa shape index (κ3) is 6.42. The highest BCUT2D eigenvalue weighted by Gasteiger charge is 2.13. The van der Waals surface area contributed by atoms with Crippen molar-refractivity contribution in [2.45, 2.75) is 51.5 Å². The van der Waals surface area contributed by atoms with Crippen LogP contribution < -0.4 is 15.8 Å². The lowest BCUT2D eigenvalue weighted by Gasteiger charge is -2.23. The Morgan fingerprint density at radius 2 is 2.00 bits per heavy atom. The van der Waals surface area contributed by atoms with E-state index in [0.717, 1.165) is 12.2 Å². The normalized spacial score (nSPS) is 16.0. The Balaban J connectivity index is 0.00000242. The van der Waals surface area contributed by atoms with Crippen molar-refractivity contribution < 1.29 is 4.74 Å². The molecule has 0 atom stereocenters. The molecule has 0 aliphatic heterocycles. The molecule has 5 heteroatoms. The summed E-state index contributed by atoms with van der Waals surface area (Å²) in [6.45, 7) is 3.38. The zero-order valence-corrected chi connectivity index (χ0v) is 15.7. The summed E-state index contributed by atoms with van der Waals surface area (Å²) >= 11 is 0. The molecular formula is C17H28IN3O. The highest BCUT2D eigenvalue weighted by atomic mass is 127. The number of benzene rings is 1. The van der Waals surface area contributed by atoms with Crippen molar-refractivity contribution in [2.75, 3.05) is 13.2 Å². The van der Waals surface area contributed by atoms with E-state index in [1.807, 2.05) is 25.1 Å². The van der Waals surface area contributed by atoms with Gasteiger partial charge in [0.15, 0.2) is 5.96 Å². The van der Waals surface area contributed by atoms with Gasteiger partial charge in [-0.25, -0.2) is 0 Å². The molecule has 0 amide bonds. The maximum atomic E-state index is 5.97. The smallest absolute Gasteiger partial charge is 0.188 e. The van der Waals surface area contributed by atoms with Gasteiger partial charge in [-0.05, 0) is 37.8 Å². The van der Waals surface area contributed by atoms with E-state index in [1.165, 1.54) is 37.7 Å². The molecule has 0 spiro atoms. The van der Waals surface area contributed by atoms with Crippen LogP contribution in [0.15, 0.2) is 29.3 Å². The molecule has 1 aromatic rings. The summed E-state index contributed by atoms with van der Waals surface area (Å²) < 4.78 is 5.62. The summed E-state index contributed by atoms with van der Waals surface area (Å²) in [6.07, 6.45) is 7.22. The van der Waals surface area contributed by atoms with Crippen molar-refractivity contribution in [3.8, 4) is 5.75 Å². The topological polar surface area (TPSA) is 59.6 Å². The van der Waals surface area contributed by atoms with Crippen LogP contribution in [0.25, 0.3) is 0 Å². The zero-order chi connectivity index (χ0) is 14.9. The number of guanidine groups is 1. The first-order valence-electron chi connectivity index (χ1n) is 8.06. The first-order chi connectivity index (χ1) is 10.3. The van der Waals surface area contributed by atoms with Crippen molar-refractivity contribution in [2.24, 2.45) is 10.7 Å². The van der Waals surface area contributed by atoms with Gasteiger partial charge >= 0.3 is 0 Å². The van der Waals surface area contributed by atoms with Crippen molar-refractivity contribution in [1.82, 2.24) is 5.32 Å². The number of para-hydroxylation sites is 1.